The second-order valence-electron chi connectivity index (χ2n) is 5.30. The number of aliphatic carboxylic acids is 1. The summed E-state index contributed by atoms with van der Waals surface area (Å²) in [5, 5.41) is 12.7. The lowest BCUT2D eigenvalue weighted by molar-refractivity contribution is -0.139. The third kappa shape index (κ3) is 3.23. The summed E-state index contributed by atoms with van der Waals surface area (Å²) in [5.41, 5.74) is 2.15. The summed E-state index contributed by atoms with van der Waals surface area (Å²) in [4.78, 5) is 26.9. The molecule has 2 aromatic carbocycles. The van der Waals surface area contributed by atoms with Crippen LogP contribution in [0.2, 0.25) is 0 Å². The van der Waals surface area contributed by atoms with Crippen LogP contribution in [0, 0.1) is 0 Å². The van der Waals surface area contributed by atoms with Crippen molar-refractivity contribution < 1.29 is 14.7 Å². The topological polar surface area (TPSA) is 82.2 Å². The average Bonchev–Trinajstić information content (AvgIpc) is 2.99. The maximum atomic E-state index is 12.4. The van der Waals surface area contributed by atoms with E-state index < -0.39 is 17.9 Å². The van der Waals surface area contributed by atoms with E-state index in [0.717, 1.165) is 16.5 Å². The van der Waals surface area contributed by atoms with E-state index >= 15 is 0 Å². The SMILES string of the molecule is O=C(NC(Cc1ccccc1)C(=O)O)c1c[nH]c2ccccc12. The minimum atomic E-state index is -1.05. The van der Waals surface area contributed by atoms with Crippen molar-refractivity contribution >= 4 is 22.8 Å². The van der Waals surface area contributed by atoms with Crippen LogP contribution in [0.3, 0.4) is 0 Å². The fraction of sp³-hybridized carbons (Fsp3) is 0.111. The monoisotopic (exact) mass is 308 g/mol. The number of para-hydroxylation sites is 1. The Bertz CT molecular complexity index is 840. The summed E-state index contributed by atoms with van der Waals surface area (Å²) in [6.45, 7) is 0. The van der Waals surface area contributed by atoms with Gasteiger partial charge in [-0.3, -0.25) is 4.79 Å². The van der Waals surface area contributed by atoms with Crippen molar-refractivity contribution in [3.63, 3.8) is 0 Å². The fourth-order valence-electron chi connectivity index (χ4n) is 2.55. The van der Waals surface area contributed by atoms with Crippen molar-refractivity contribution in [1.82, 2.24) is 10.3 Å². The number of carbonyl (C=O) groups excluding carboxylic acids is 1. The van der Waals surface area contributed by atoms with Gasteiger partial charge in [0.2, 0.25) is 0 Å². The first-order valence-electron chi connectivity index (χ1n) is 7.29. The Hall–Kier alpha value is -3.08. The van der Waals surface area contributed by atoms with Crippen LogP contribution in [0.15, 0.2) is 60.8 Å². The summed E-state index contributed by atoms with van der Waals surface area (Å²) in [6, 6.07) is 15.7. The summed E-state index contributed by atoms with van der Waals surface area (Å²) in [7, 11) is 0. The van der Waals surface area contributed by atoms with Gasteiger partial charge < -0.3 is 15.4 Å². The van der Waals surface area contributed by atoms with Gasteiger partial charge in [0.25, 0.3) is 5.91 Å². The van der Waals surface area contributed by atoms with Crippen LogP contribution < -0.4 is 5.32 Å². The Kier molecular flexibility index (Phi) is 4.10. The largest absolute Gasteiger partial charge is 0.480 e. The Morgan fingerprint density at radius 1 is 1.04 bits per heavy atom. The standard InChI is InChI=1S/C18H16N2O3/c21-17(14-11-19-15-9-5-4-8-13(14)15)20-16(18(22)23)10-12-6-2-1-3-7-12/h1-9,11,16,19H,10H2,(H,20,21)(H,22,23). The van der Waals surface area contributed by atoms with Crippen molar-refractivity contribution in [2.45, 2.75) is 12.5 Å². The van der Waals surface area contributed by atoms with E-state index in [1.165, 1.54) is 0 Å². The Labute approximate surface area is 133 Å². The number of nitrogens with one attached hydrogen (secondary N) is 2. The first-order chi connectivity index (χ1) is 11.1. The number of H-pyrrole nitrogens is 1. The quantitative estimate of drug-likeness (QED) is 0.677. The lowest BCUT2D eigenvalue weighted by atomic mass is 10.1. The molecule has 5 nitrogen and oxygen atoms in total. The molecule has 1 atom stereocenters. The molecular weight excluding hydrogens is 292 g/mol. The maximum absolute atomic E-state index is 12.4. The third-order valence-electron chi connectivity index (χ3n) is 3.72. The number of fused-ring (bicyclic) bond motifs is 1. The fourth-order valence-corrected chi connectivity index (χ4v) is 2.55. The van der Waals surface area contributed by atoms with Gasteiger partial charge in [-0.15, -0.1) is 0 Å². The van der Waals surface area contributed by atoms with Crippen LogP contribution in [0.25, 0.3) is 10.9 Å². The highest BCUT2D eigenvalue weighted by atomic mass is 16.4. The van der Waals surface area contributed by atoms with Crippen molar-refractivity contribution in [2.24, 2.45) is 0 Å². The van der Waals surface area contributed by atoms with Gasteiger partial charge in [0.1, 0.15) is 6.04 Å². The molecule has 0 aliphatic rings. The molecule has 3 rings (SSSR count). The molecule has 1 heterocycles. The molecule has 1 aromatic heterocycles. The molecule has 0 bridgehead atoms. The predicted molar refractivity (Wildman–Crippen MR) is 87.3 cm³/mol. The molecular formula is C18H16N2O3. The van der Waals surface area contributed by atoms with Crippen LogP contribution in [0.5, 0.6) is 0 Å². The number of aromatic nitrogens is 1. The summed E-state index contributed by atoms with van der Waals surface area (Å²) < 4.78 is 0. The van der Waals surface area contributed by atoms with E-state index in [9.17, 15) is 14.7 Å². The van der Waals surface area contributed by atoms with Crippen LogP contribution in [-0.2, 0) is 11.2 Å². The van der Waals surface area contributed by atoms with Crippen molar-refractivity contribution in [3.05, 3.63) is 71.9 Å². The molecule has 0 fully saturated rings. The van der Waals surface area contributed by atoms with Gasteiger partial charge in [0, 0.05) is 23.5 Å². The number of hydrogen-bond acceptors (Lipinski definition) is 2. The van der Waals surface area contributed by atoms with Crippen LogP contribution in [0.4, 0.5) is 0 Å². The minimum absolute atomic E-state index is 0.240. The number of amides is 1. The Morgan fingerprint density at radius 3 is 2.48 bits per heavy atom. The summed E-state index contributed by atoms with van der Waals surface area (Å²) in [6.07, 6.45) is 1.84. The molecule has 0 aliphatic carbocycles. The van der Waals surface area contributed by atoms with Crippen LogP contribution in [-0.4, -0.2) is 28.0 Å². The lowest BCUT2D eigenvalue weighted by Gasteiger charge is -2.14. The zero-order valence-electron chi connectivity index (χ0n) is 12.3. The Morgan fingerprint density at radius 2 is 1.74 bits per heavy atom. The highest BCUT2D eigenvalue weighted by molar-refractivity contribution is 6.07. The van der Waals surface area contributed by atoms with Crippen LogP contribution in [0.1, 0.15) is 15.9 Å². The molecule has 0 saturated carbocycles. The average molecular weight is 308 g/mol. The van der Waals surface area contributed by atoms with E-state index in [1.54, 1.807) is 6.20 Å². The lowest BCUT2D eigenvalue weighted by Crippen LogP contribution is -2.42. The number of carbonyl (C=O) groups is 2. The van der Waals surface area contributed by atoms with E-state index in [-0.39, 0.29) is 6.42 Å². The molecule has 1 unspecified atom stereocenters. The minimum Gasteiger partial charge on any atom is -0.480 e. The molecule has 3 N–H and O–H groups in total. The van der Waals surface area contributed by atoms with Gasteiger partial charge in [-0.1, -0.05) is 48.5 Å². The first-order valence-corrected chi connectivity index (χ1v) is 7.29. The van der Waals surface area contributed by atoms with E-state index in [4.69, 9.17) is 0 Å². The highest BCUT2D eigenvalue weighted by Crippen LogP contribution is 2.17. The van der Waals surface area contributed by atoms with Gasteiger partial charge in [-0.25, -0.2) is 4.79 Å². The molecule has 23 heavy (non-hydrogen) atoms. The maximum Gasteiger partial charge on any atom is 0.326 e. The second-order valence-corrected chi connectivity index (χ2v) is 5.30. The molecule has 0 aliphatic heterocycles. The van der Waals surface area contributed by atoms with E-state index in [0.29, 0.717) is 5.56 Å². The van der Waals surface area contributed by atoms with Crippen molar-refractivity contribution in [2.75, 3.05) is 0 Å². The van der Waals surface area contributed by atoms with Crippen LogP contribution >= 0.6 is 0 Å². The van der Waals surface area contributed by atoms with Gasteiger partial charge >= 0.3 is 5.97 Å². The predicted octanol–water partition coefficient (Wildman–Crippen LogP) is 2.59. The van der Waals surface area contributed by atoms with Gasteiger partial charge in [-0.05, 0) is 11.6 Å². The molecule has 5 heteroatoms. The zero-order valence-corrected chi connectivity index (χ0v) is 12.3. The second kappa shape index (κ2) is 6.36. The number of rotatable bonds is 5. The van der Waals surface area contributed by atoms with E-state index in [2.05, 4.69) is 10.3 Å². The zero-order chi connectivity index (χ0) is 16.2. The molecule has 116 valence electrons. The van der Waals surface area contributed by atoms with Gasteiger partial charge in [-0.2, -0.15) is 0 Å². The Balaban J connectivity index is 1.80. The number of carboxylic acids is 1. The number of aromatic amines is 1. The number of carboxylic acid groups (broad SMARTS) is 1. The smallest absolute Gasteiger partial charge is 0.326 e. The summed E-state index contributed by atoms with van der Waals surface area (Å²) in [5.74, 6) is -1.45. The molecule has 1 amide bonds. The highest BCUT2D eigenvalue weighted by Gasteiger charge is 2.22. The number of hydrogen-bond donors (Lipinski definition) is 3. The summed E-state index contributed by atoms with van der Waals surface area (Å²) >= 11 is 0. The molecule has 3 aromatic rings. The van der Waals surface area contributed by atoms with Gasteiger partial charge in [0.15, 0.2) is 0 Å². The molecule has 0 spiro atoms. The van der Waals surface area contributed by atoms with Crippen molar-refractivity contribution in [1.29, 1.82) is 0 Å². The molecule has 0 radical (unpaired) electrons. The molecule has 0 saturated heterocycles. The van der Waals surface area contributed by atoms with Crippen molar-refractivity contribution in [3.8, 4) is 0 Å². The van der Waals surface area contributed by atoms with E-state index in [1.807, 2.05) is 54.6 Å². The van der Waals surface area contributed by atoms with Gasteiger partial charge in [0.05, 0.1) is 5.56 Å². The third-order valence-corrected chi connectivity index (χ3v) is 3.72. The number of benzene rings is 2. The first kappa shape index (κ1) is 14.8. The normalized spacial score (nSPS) is 12.0.